The van der Waals surface area contributed by atoms with Gasteiger partial charge in [-0.15, -0.1) is 10.2 Å². The van der Waals surface area contributed by atoms with Crippen molar-refractivity contribution in [1.82, 2.24) is 20.1 Å². The number of nitrogens with zero attached hydrogens (tertiary/aromatic N) is 3. The standard InChI is InChI=1S/C18H20F2N4/c1-3-11-14(8-21-9-15(11)19)12-4-6-16-13(18(12)20)5-7-17-23-22-10(2)24(16)17/h4,6,9,11,14,21H,3,5,7-8H2,1-2H3. The fourth-order valence-corrected chi connectivity index (χ4v) is 4.01. The molecule has 0 bridgehead atoms. The second kappa shape index (κ2) is 5.69. The number of fused-ring (bicyclic) bond motifs is 3. The highest BCUT2D eigenvalue weighted by atomic mass is 19.1. The van der Waals surface area contributed by atoms with Crippen LogP contribution in [0.5, 0.6) is 0 Å². The fraction of sp³-hybridized carbons (Fsp3) is 0.444. The number of rotatable bonds is 2. The van der Waals surface area contributed by atoms with Crippen LogP contribution >= 0.6 is 0 Å². The second-order valence-electron chi connectivity index (χ2n) is 6.52. The van der Waals surface area contributed by atoms with Crippen molar-refractivity contribution in [1.29, 1.82) is 0 Å². The van der Waals surface area contributed by atoms with Crippen LogP contribution in [0.1, 0.15) is 42.0 Å². The van der Waals surface area contributed by atoms with Crippen molar-refractivity contribution >= 4 is 0 Å². The average molecular weight is 330 g/mol. The maximum atomic E-state index is 15.3. The van der Waals surface area contributed by atoms with Gasteiger partial charge >= 0.3 is 0 Å². The van der Waals surface area contributed by atoms with E-state index in [1.165, 1.54) is 6.20 Å². The van der Waals surface area contributed by atoms with Gasteiger partial charge in [-0.3, -0.25) is 4.57 Å². The number of allylic oxidation sites excluding steroid dienone is 1. The van der Waals surface area contributed by atoms with E-state index in [0.29, 0.717) is 36.9 Å². The molecule has 3 heterocycles. The first kappa shape index (κ1) is 15.3. The summed E-state index contributed by atoms with van der Waals surface area (Å²) in [6.45, 7) is 4.37. The van der Waals surface area contributed by atoms with E-state index in [9.17, 15) is 4.39 Å². The molecule has 0 saturated carbocycles. The lowest BCUT2D eigenvalue weighted by Crippen LogP contribution is -2.30. The maximum absolute atomic E-state index is 15.3. The van der Waals surface area contributed by atoms with Gasteiger partial charge in [-0.2, -0.15) is 0 Å². The molecule has 24 heavy (non-hydrogen) atoms. The summed E-state index contributed by atoms with van der Waals surface area (Å²) in [5.41, 5.74) is 2.10. The summed E-state index contributed by atoms with van der Waals surface area (Å²) in [6, 6.07) is 3.73. The highest BCUT2D eigenvalue weighted by Crippen LogP contribution is 2.39. The van der Waals surface area contributed by atoms with Crippen LogP contribution in [0.3, 0.4) is 0 Å². The van der Waals surface area contributed by atoms with Crippen molar-refractivity contribution in [2.24, 2.45) is 5.92 Å². The highest BCUT2D eigenvalue weighted by molar-refractivity contribution is 5.49. The molecule has 0 radical (unpaired) electrons. The molecule has 126 valence electrons. The number of hydrogen-bond donors (Lipinski definition) is 1. The molecule has 1 aromatic heterocycles. The topological polar surface area (TPSA) is 42.7 Å². The second-order valence-corrected chi connectivity index (χ2v) is 6.52. The third kappa shape index (κ3) is 2.16. The van der Waals surface area contributed by atoms with Crippen LogP contribution in [-0.4, -0.2) is 21.3 Å². The van der Waals surface area contributed by atoms with Crippen LogP contribution in [0.2, 0.25) is 0 Å². The van der Waals surface area contributed by atoms with E-state index in [2.05, 4.69) is 15.5 Å². The van der Waals surface area contributed by atoms with Crippen LogP contribution in [0.15, 0.2) is 24.2 Å². The van der Waals surface area contributed by atoms with Gasteiger partial charge in [0.25, 0.3) is 0 Å². The van der Waals surface area contributed by atoms with E-state index in [1.807, 2.05) is 24.5 Å². The summed E-state index contributed by atoms with van der Waals surface area (Å²) >= 11 is 0. The molecule has 0 fully saturated rings. The third-order valence-corrected chi connectivity index (χ3v) is 5.24. The Morgan fingerprint density at radius 3 is 2.88 bits per heavy atom. The zero-order chi connectivity index (χ0) is 16.8. The van der Waals surface area contributed by atoms with Crippen molar-refractivity contribution in [2.75, 3.05) is 6.54 Å². The Morgan fingerprint density at radius 2 is 2.08 bits per heavy atom. The Balaban J connectivity index is 1.81. The molecule has 1 aromatic carbocycles. The molecule has 2 aromatic rings. The number of aryl methyl sites for hydroxylation is 2. The molecular formula is C18H20F2N4. The lowest BCUT2D eigenvalue weighted by Gasteiger charge is -2.31. The van der Waals surface area contributed by atoms with E-state index in [0.717, 1.165) is 17.3 Å². The minimum Gasteiger partial charge on any atom is -0.388 e. The Bertz CT molecular complexity index is 825. The Hall–Kier alpha value is -2.24. The average Bonchev–Trinajstić information content (AvgIpc) is 2.97. The van der Waals surface area contributed by atoms with Gasteiger partial charge in [0.1, 0.15) is 23.3 Å². The Labute approximate surface area is 139 Å². The van der Waals surface area contributed by atoms with Gasteiger partial charge in [0, 0.05) is 36.6 Å². The van der Waals surface area contributed by atoms with Crippen molar-refractivity contribution in [2.45, 2.75) is 39.0 Å². The summed E-state index contributed by atoms with van der Waals surface area (Å²) in [7, 11) is 0. The van der Waals surface area contributed by atoms with Gasteiger partial charge in [0.2, 0.25) is 0 Å². The first-order valence-electron chi connectivity index (χ1n) is 8.43. The van der Waals surface area contributed by atoms with Gasteiger partial charge in [-0.1, -0.05) is 13.0 Å². The molecule has 0 spiro atoms. The number of nitrogens with one attached hydrogen (secondary N) is 1. The van der Waals surface area contributed by atoms with Crippen LogP contribution in [0.4, 0.5) is 8.78 Å². The van der Waals surface area contributed by atoms with Crippen molar-refractivity contribution in [3.8, 4) is 5.69 Å². The lowest BCUT2D eigenvalue weighted by molar-refractivity contribution is 0.347. The summed E-state index contributed by atoms with van der Waals surface area (Å²) in [4.78, 5) is 0. The van der Waals surface area contributed by atoms with Gasteiger partial charge in [0.15, 0.2) is 0 Å². The SMILES string of the molecule is CCC1C(F)=CNCC1c1ccc2c(c1F)CCc1nnc(C)n1-2. The summed E-state index contributed by atoms with van der Waals surface area (Å²) in [5, 5.41) is 11.2. The highest BCUT2D eigenvalue weighted by Gasteiger charge is 2.32. The summed E-state index contributed by atoms with van der Waals surface area (Å²) in [5.74, 6) is 0.780. The monoisotopic (exact) mass is 330 g/mol. The number of aromatic nitrogens is 3. The largest absolute Gasteiger partial charge is 0.388 e. The third-order valence-electron chi connectivity index (χ3n) is 5.24. The summed E-state index contributed by atoms with van der Waals surface area (Å²) < 4.78 is 31.3. The molecule has 2 atom stereocenters. The van der Waals surface area contributed by atoms with Gasteiger partial charge in [-0.25, -0.2) is 8.78 Å². The minimum absolute atomic E-state index is 0.186. The number of benzene rings is 1. The van der Waals surface area contributed by atoms with E-state index in [-0.39, 0.29) is 23.5 Å². The van der Waals surface area contributed by atoms with Crippen LogP contribution in [0, 0.1) is 18.7 Å². The molecule has 4 nitrogen and oxygen atoms in total. The predicted octanol–water partition coefficient (Wildman–Crippen LogP) is 3.34. The predicted molar refractivity (Wildman–Crippen MR) is 87.2 cm³/mol. The zero-order valence-electron chi connectivity index (χ0n) is 13.8. The van der Waals surface area contributed by atoms with Gasteiger partial charge in [0.05, 0.1) is 5.69 Å². The quantitative estimate of drug-likeness (QED) is 0.918. The van der Waals surface area contributed by atoms with E-state index in [1.54, 1.807) is 6.07 Å². The van der Waals surface area contributed by atoms with Crippen LogP contribution in [-0.2, 0) is 12.8 Å². The first-order chi connectivity index (χ1) is 11.6. The molecule has 0 aliphatic carbocycles. The van der Waals surface area contributed by atoms with Crippen LogP contribution in [0.25, 0.3) is 5.69 Å². The normalized spacial score (nSPS) is 22.4. The maximum Gasteiger partial charge on any atom is 0.137 e. The van der Waals surface area contributed by atoms with E-state index < -0.39 is 0 Å². The molecule has 2 unspecified atom stereocenters. The van der Waals surface area contributed by atoms with Crippen LogP contribution < -0.4 is 5.32 Å². The van der Waals surface area contributed by atoms with E-state index >= 15 is 4.39 Å². The zero-order valence-corrected chi connectivity index (χ0v) is 13.8. The molecule has 4 rings (SSSR count). The molecule has 2 aliphatic heterocycles. The van der Waals surface area contributed by atoms with E-state index in [4.69, 9.17) is 0 Å². The van der Waals surface area contributed by atoms with Crippen molar-refractivity contribution in [3.63, 3.8) is 0 Å². The molecule has 6 heteroatoms. The Morgan fingerprint density at radius 1 is 1.25 bits per heavy atom. The van der Waals surface area contributed by atoms with Crippen molar-refractivity contribution in [3.05, 3.63) is 52.8 Å². The minimum atomic E-state index is -0.269. The fourth-order valence-electron chi connectivity index (χ4n) is 4.01. The molecule has 2 aliphatic rings. The molecule has 0 saturated heterocycles. The smallest absolute Gasteiger partial charge is 0.137 e. The molecular weight excluding hydrogens is 310 g/mol. The first-order valence-corrected chi connectivity index (χ1v) is 8.43. The molecule has 1 N–H and O–H groups in total. The summed E-state index contributed by atoms with van der Waals surface area (Å²) in [6.07, 6.45) is 3.33. The number of halogens is 2. The molecule has 0 amide bonds. The Kier molecular flexibility index (Phi) is 3.62. The number of hydrogen-bond acceptors (Lipinski definition) is 3. The van der Waals surface area contributed by atoms with Crippen molar-refractivity contribution < 1.29 is 8.78 Å². The van der Waals surface area contributed by atoms with Gasteiger partial charge in [-0.05, 0) is 31.4 Å². The van der Waals surface area contributed by atoms with Gasteiger partial charge < -0.3 is 5.32 Å². The lowest BCUT2D eigenvalue weighted by atomic mass is 9.80.